The summed E-state index contributed by atoms with van der Waals surface area (Å²) in [6, 6.07) is -0.764. The molecule has 13 heavy (non-hydrogen) atoms. The summed E-state index contributed by atoms with van der Waals surface area (Å²) < 4.78 is 0. The van der Waals surface area contributed by atoms with Crippen molar-refractivity contribution in [2.24, 2.45) is 0 Å². The Morgan fingerprint density at radius 3 is 2.00 bits per heavy atom. The molecule has 2 fully saturated rings. The van der Waals surface area contributed by atoms with Gasteiger partial charge in [-0.25, -0.2) is 0 Å². The molecule has 2 aliphatic rings. The van der Waals surface area contributed by atoms with Crippen LogP contribution in [-0.4, -0.2) is 73.7 Å². The van der Waals surface area contributed by atoms with Crippen molar-refractivity contribution < 1.29 is 25.5 Å². The molecule has 6 heteroatoms. The maximum absolute atomic E-state index is 9.40. The standard InChI is InChI=1S/C7H13NO5/c9-2-1-8-3(4(2)10)5(11)6(12)7(8)13/h2-7,9-13H,1H2/t2-,3+,4?,5+,6-,7+/m0/s1. The summed E-state index contributed by atoms with van der Waals surface area (Å²) >= 11 is 0. The van der Waals surface area contributed by atoms with E-state index >= 15 is 0 Å². The van der Waals surface area contributed by atoms with Crippen LogP contribution < -0.4 is 0 Å². The molecule has 1 unspecified atom stereocenters. The molecule has 0 spiro atoms. The first kappa shape index (κ1) is 9.32. The minimum absolute atomic E-state index is 0.0706. The van der Waals surface area contributed by atoms with Gasteiger partial charge in [-0.15, -0.1) is 0 Å². The number of aliphatic hydroxyl groups is 5. The summed E-state index contributed by atoms with van der Waals surface area (Å²) in [4.78, 5) is 1.31. The number of rotatable bonds is 0. The van der Waals surface area contributed by atoms with E-state index in [1.54, 1.807) is 0 Å². The van der Waals surface area contributed by atoms with Crippen molar-refractivity contribution >= 4 is 0 Å². The van der Waals surface area contributed by atoms with Crippen molar-refractivity contribution in [3.8, 4) is 0 Å². The monoisotopic (exact) mass is 191 g/mol. The maximum Gasteiger partial charge on any atom is 0.136 e. The lowest BCUT2D eigenvalue weighted by atomic mass is 10.0. The second kappa shape index (κ2) is 2.88. The van der Waals surface area contributed by atoms with Crippen LogP contribution in [0.25, 0.3) is 0 Å². The lowest BCUT2D eigenvalue weighted by Crippen LogP contribution is -2.41. The molecular formula is C7H13NO5. The molecule has 2 rings (SSSR count). The predicted molar refractivity (Wildman–Crippen MR) is 40.5 cm³/mol. The van der Waals surface area contributed by atoms with Gasteiger partial charge in [-0.05, 0) is 0 Å². The molecule has 0 radical (unpaired) electrons. The van der Waals surface area contributed by atoms with Crippen LogP contribution >= 0.6 is 0 Å². The zero-order chi connectivity index (χ0) is 9.75. The van der Waals surface area contributed by atoms with Crippen LogP contribution in [0.5, 0.6) is 0 Å². The van der Waals surface area contributed by atoms with Crippen LogP contribution in [-0.2, 0) is 0 Å². The third-order valence-electron chi connectivity index (χ3n) is 2.87. The van der Waals surface area contributed by atoms with E-state index in [1.807, 2.05) is 0 Å². The van der Waals surface area contributed by atoms with Crippen LogP contribution in [0.2, 0.25) is 0 Å². The van der Waals surface area contributed by atoms with Gasteiger partial charge < -0.3 is 25.5 Å². The normalized spacial score (nSPS) is 57.0. The van der Waals surface area contributed by atoms with Crippen LogP contribution in [0.1, 0.15) is 0 Å². The fourth-order valence-electron chi connectivity index (χ4n) is 2.13. The highest BCUT2D eigenvalue weighted by Crippen LogP contribution is 2.32. The number of nitrogens with zero attached hydrogens (tertiary/aromatic N) is 1. The van der Waals surface area contributed by atoms with Crippen molar-refractivity contribution in [2.75, 3.05) is 6.54 Å². The number of hydrogen-bond donors (Lipinski definition) is 5. The highest BCUT2D eigenvalue weighted by Gasteiger charge is 2.56. The Kier molecular flexibility index (Phi) is 2.06. The Hall–Kier alpha value is -0.240. The largest absolute Gasteiger partial charge is 0.389 e. The lowest BCUT2D eigenvalue weighted by molar-refractivity contribution is -0.0634. The van der Waals surface area contributed by atoms with Crippen molar-refractivity contribution in [3.63, 3.8) is 0 Å². The maximum atomic E-state index is 9.40. The topological polar surface area (TPSA) is 104 Å². The molecular weight excluding hydrogens is 178 g/mol. The van der Waals surface area contributed by atoms with Crippen molar-refractivity contribution in [3.05, 3.63) is 0 Å². The first-order chi connectivity index (χ1) is 6.04. The van der Waals surface area contributed by atoms with Crippen molar-refractivity contribution in [2.45, 2.75) is 36.7 Å². The molecule has 0 amide bonds. The molecule has 0 aliphatic carbocycles. The summed E-state index contributed by atoms with van der Waals surface area (Å²) in [6.07, 6.45) is -5.76. The Bertz CT molecular complexity index is 213. The summed E-state index contributed by atoms with van der Waals surface area (Å²) in [5.74, 6) is 0. The van der Waals surface area contributed by atoms with E-state index in [9.17, 15) is 25.5 Å². The predicted octanol–water partition coefficient (Wildman–Crippen LogP) is -3.55. The fourth-order valence-corrected chi connectivity index (χ4v) is 2.13. The minimum Gasteiger partial charge on any atom is -0.389 e. The smallest absolute Gasteiger partial charge is 0.136 e. The Morgan fingerprint density at radius 2 is 1.46 bits per heavy atom. The molecule has 2 heterocycles. The van der Waals surface area contributed by atoms with Crippen LogP contribution in [0, 0.1) is 0 Å². The average molecular weight is 191 g/mol. The molecule has 5 N–H and O–H groups in total. The number of aliphatic hydroxyl groups excluding tert-OH is 5. The highest BCUT2D eigenvalue weighted by atomic mass is 16.4. The minimum atomic E-state index is -1.27. The van der Waals surface area contributed by atoms with Crippen LogP contribution in [0.3, 0.4) is 0 Å². The van der Waals surface area contributed by atoms with Gasteiger partial charge in [-0.3, -0.25) is 4.90 Å². The fraction of sp³-hybridized carbons (Fsp3) is 1.00. The molecule has 6 atom stereocenters. The highest BCUT2D eigenvalue weighted by molar-refractivity contribution is 5.06. The van der Waals surface area contributed by atoms with Crippen molar-refractivity contribution in [1.29, 1.82) is 0 Å². The van der Waals surface area contributed by atoms with Gasteiger partial charge in [-0.1, -0.05) is 0 Å². The van der Waals surface area contributed by atoms with Gasteiger partial charge in [0.1, 0.15) is 18.4 Å². The van der Waals surface area contributed by atoms with Crippen LogP contribution in [0.4, 0.5) is 0 Å². The molecule has 6 nitrogen and oxygen atoms in total. The molecule has 0 bridgehead atoms. The van der Waals surface area contributed by atoms with Gasteiger partial charge in [0.05, 0.1) is 18.2 Å². The zero-order valence-electron chi connectivity index (χ0n) is 6.85. The zero-order valence-corrected chi connectivity index (χ0v) is 6.85. The van der Waals surface area contributed by atoms with Gasteiger partial charge in [-0.2, -0.15) is 0 Å². The van der Waals surface area contributed by atoms with E-state index in [-0.39, 0.29) is 6.54 Å². The molecule has 0 aromatic rings. The van der Waals surface area contributed by atoms with E-state index in [2.05, 4.69) is 0 Å². The lowest BCUT2D eigenvalue weighted by Gasteiger charge is -2.19. The molecule has 2 aliphatic heterocycles. The third-order valence-corrected chi connectivity index (χ3v) is 2.87. The Balaban J connectivity index is 2.22. The summed E-state index contributed by atoms with van der Waals surface area (Å²) in [7, 11) is 0. The average Bonchev–Trinajstić information content (AvgIpc) is 2.48. The number of hydrogen-bond acceptors (Lipinski definition) is 6. The molecule has 0 saturated carbocycles. The van der Waals surface area contributed by atoms with E-state index in [1.165, 1.54) is 4.90 Å². The molecule has 2 saturated heterocycles. The van der Waals surface area contributed by atoms with Gasteiger partial charge in [0, 0.05) is 6.54 Å². The first-order valence-electron chi connectivity index (χ1n) is 4.20. The van der Waals surface area contributed by atoms with Gasteiger partial charge in [0.25, 0.3) is 0 Å². The van der Waals surface area contributed by atoms with Crippen molar-refractivity contribution in [1.82, 2.24) is 4.90 Å². The molecule has 0 aromatic carbocycles. The van der Waals surface area contributed by atoms with Crippen LogP contribution in [0.15, 0.2) is 0 Å². The van der Waals surface area contributed by atoms with E-state index < -0.39 is 36.7 Å². The third kappa shape index (κ3) is 1.11. The SMILES string of the molecule is OC1[C@@H]2[C@@H](O)[C@H](O)[C@@H](O)N2C[C@@H]1O. The Labute approximate surface area is 74.6 Å². The first-order valence-corrected chi connectivity index (χ1v) is 4.20. The Morgan fingerprint density at radius 1 is 0.846 bits per heavy atom. The molecule has 0 aromatic heterocycles. The van der Waals surface area contributed by atoms with E-state index in [0.29, 0.717) is 0 Å². The summed E-state index contributed by atoms with van der Waals surface area (Å²) in [5.41, 5.74) is 0. The second-order valence-corrected chi connectivity index (χ2v) is 3.64. The van der Waals surface area contributed by atoms with Gasteiger partial charge in [0.15, 0.2) is 0 Å². The van der Waals surface area contributed by atoms with Gasteiger partial charge in [0.2, 0.25) is 0 Å². The summed E-state index contributed by atoms with van der Waals surface area (Å²) in [5, 5.41) is 46.6. The quantitative estimate of drug-likeness (QED) is 0.271. The number of fused-ring (bicyclic) bond motifs is 1. The second-order valence-electron chi connectivity index (χ2n) is 3.64. The van der Waals surface area contributed by atoms with Gasteiger partial charge >= 0.3 is 0 Å². The van der Waals surface area contributed by atoms with E-state index in [0.717, 1.165) is 0 Å². The molecule has 76 valence electrons. The summed E-state index contributed by atoms with van der Waals surface area (Å²) in [6.45, 7) is 0.0706. The van der Waals surface area contributed by atoms with E-state index in [4.69, 9.17) is 0 Å².